The van der Waals surface area contributed by atoms with Gasteiger partial charge in [0.25, 0.3) is 0 Å². The summed E-state index contributed by atoms with van der Waals surface area (Å²) in [5.41, 5.74) is 0. The van der Waals surface area contributed by atoms with Crippen LogP contribution in [0.25, 0.3) is 0 Å². The van der Waals surface area contributed by atoms with Crippen LogP contribution in [0.3, 0.4) is 0 Å². The Morgan fingerprint density at radius 3 is 2.12 bits per heavy atom. The third kappa shape index (κ3) is 8.46. The Balaban J connectivity index is 4.29. The smallest absolute Gasteiger partial charge is 0.0659 e. The summed E-state index contributed by atoms with van der Waals surface area (Å²) in [5.74, 6) is 0.663. The summed E-state index contributed by atoms with van der Waals surface area (Å²) in [6, 6.07) is 0. The first-order valence-corrected chi connectivity index (χ1v) is 7.50. The third-order valence-corrected chi connectivity index (χ3v) is 4.01. The van der Waals surface area contributed by atoms with Crippen LogP contribution in [0.15, 0.2) is 0 Å². The van der Waals surface area contributed by atoms with E-state index in [1.165, 1.54) is 6.42 Å². The highest BCUT2D eigenvalue weighted by Gasteiger charge is 2.25. The maximum Gasteiger partial charge on any atom is 0.0659 e. The molecule has 0 fully saturated rings. The predicted octanol–water partition coefficient (Wildman–Crippen LogP) is 4.48. The second-order valence-electron chi connectivity index (χ2n) is 6.11. The van der Waals surface area contributed by atoms with Crippen LogP contribution in [0.2, 0.25) is 0 Å². The summed E-state index contributed by atoms with van der Waals surface area (Å²) in [6.45, 7) is 13.4. The summed E-state index contributed by atoms with van der Waals surface area (Å²) < 4.78 is 0.243. The molecule has 2 atom stereocenters. The fourth-order valence-electron chi connectivity index (χ4n) is 1.80. The van der Waals surface area contributed by atoms with Crippen LogP contribution in [0.4, 0.5) is 0 Å². The minimum Gasteiger partial charge on any atom is -0.392 e. The van der Waals surface area contributed by atoms with Crippen molar-refractivity contribution < 1.29 is 5.11 Å². The number of aliphatic hydroxyl groups is 1. The predicted molar refractivity (Wildman–Crippen MR) is 76.1 cm³/mol. The van der Waals surface area contributed by atoms with E-state index in [2.05, 4.69) is 41.5 Å². The van der Waals surface area contributed by atoms with Crippen molar-refractivity contribution in [3.63, 3.8) is 0 Å². The average Bonchev–Trinajstić information content (AvgIpc) is 2.10. The Kier molecular flexibility index (Phi) is 7.75. The molecule has 98 valence electrons. The molecule has 16 heavy (non-hydrogen) atoms. The zero-order valence-corrected chi connectivity index (χ0v) is 12.7. The van der Waals surface area contributed by atoms with Gasteiger partial charge >= 0.3 is 0 Å². The number of hydrogen-bond donors (Lipinski definition) is 1. The molecule has 1 unspecified atom stereocenters. The summed E-state index contributed by atoms with van der Waals surface area (Å²) in [4.78, 5) is 0. The zero-order chi connectivity index (χ0) is 12.8. The van der Waals surface area contributed by atoms with Gasteiger partial charge in [-0.2, -0.15) is 0 Å². The van der Waals surface area contributed by atoms with Gasteiger partial charge < -0.3 is 5.11 Å². The summed E-state index contributed by atoms with van der Waals surface area (Å²) in [7, 11) is 0. The third-order valence-electron chi connectivity index (χ3n) is 2.49. The fourth-order valence-corrected chi connectivity index (χ4v) is 3.48. The van der Waals surface area contributed by atoms with Crippen molar-refractivity contribution >= 4 is 11.8 Å². The Labute approximate surface area is 106 Å². The Bertz CT molecular complexity index is 172. The van der Waals surface area contributed by atoms with Crippen LogP contribution in [0, 0.1) is 5.92 Å². The molecule has 1 nitrogen and oxygen atoms in total. The summed E-state index contributed by atoms with van der Waals surface area (Å²) in [5, 5.41) is 10.6. The maximum atomic E-state index is 10.2. The van der Waals surface area contributed by atoms with Gasteiger partial charge in [0.05, 0.1) is 6.10 Å². The molecule has 0 saturated carbocycles. The maximum absolute atomic E-state index is 10.2. The first-order valence-electron chi connectivity index (χ1n) is 6.62. The van der Waals surface area contributed by atoms with Crippen molar-refractivity contribution in [2.75, 3.05) is 0 Å². The molecule has 1 N–H and O–H groups in total. The topological polar surface area (TPSA) is 20.2 Å². The molecule has 0 bridgehead atoms. The molecule has 0 spiro atoms. The summed E-state index contributed by atoms with van der Waals surface area (Å²) >= 11 is 1.94. The van der Waals surface area contributed by atoms with Gasteiger partial charge in [0.1, 0.15) is 0 Å². The molecule has 0 rings (SSSR count). The molecular formula is C14H30OS. The number of thioether (sulfide) groups is 1. The van der Waals surface area contributed by atoms with Crippen molar-refractivity contribution in [2.24, 2.45) is 5.92 Å². The lowest BCUT2D eigenvalue weighted by Crippen LogP contribution is -2.29. The zero-order valence-electron chi connectivity index (χ0n) is 11.9. The highest BCUT2D eigenvalue weighted by molar-refractivity contribution is 8.01. The van der Waals surface area contributed by atoms with Crippen LogP contribution in [-0.2, 0) is 0 Å². The number of unbranched alkanes of at least 4 members (excludes halogenated alkanes) is 1. The van der Waals surface area contributed by atoms with Crippen LogP contribution < -0.4 is 0 Å². The van der Waals surface area contributed by atoms with Crippen LogP contribution in [-0.4, -0.2) is 21.2 Å². The lowest BCUT2D eigenvalue weighted by Gasteiger charge is -2.30. The van der Waals surface area contributed by atoms with Gasteiger partial charge in [0.2, 0.25) is 0 Å². The lowest BCUT2D eigenvalue weighted by molar-refractivity contribution is 0.150. The van der Waals surface area contributed by atoms with Gasteiger partial charge in [-0.1, -0.05) is 54.4 Å². The SMILES string of the molecule is CCCCC(O)[C@@H](CC(C)C)SC(C)(C)C. The van der Waals surface area contributed by atoms with E-state index < -0.39 is 0 Å². The minimum atomic E-state index is -0.133. The minimum absolute atomic E-state index is 0.133. The van der Waals surface area contributed by atoms with Gasteiger partial charge in [0.15, 0.2) is 0 Å². The van der Waals surface area contributed by atoms with E-state index in [4.69, 9.17) is 0 Å². The van der Waals surface area contributed by atoms with Gasteiger partial charge in [-0.15, -0.1) is 11.8 Å². The number of aliphatic hydroxyl groups excluding tert-OH is 1. The summed E-state index contributed by atoms with van der Waals surface area (Å²) in [6.07, 6.45) is 4.25. The Morgan fingerprint density at radius 2 is 1.75 bits per heavy atom. The number of rotatable bonds is 7. The van der Waals surface area contributed by atoms with Crippen molar-refractivity contribution in [1.29, 1.82) is 0 Å². The van der Waals surface area contributed by atoms with Gasteiger partial charge in [0, 0.05) is 10.00 Å². The Hall–Kier alpha value is 0.310. The van der Waals surface area contributed by atoms with E-state index in [1.54, 1.807) is 0 Å². The van der Waals surface area contributed by atoms with E-state index in [1.807, 2.05) is 11.8 Å². The van der Waals surface area contributed by atoms with Crippen molar-refractivity contribution in [1.82, 2.24) is 0 Å². The Morgan fingerprint density at radius 1 is 1.19 bits per heavy atom. The first-order chi connectivity index (χ1) is 7.26. The second-order valence-corrected chi connectivity index (χ2v) is 8.17. The highest BCUT2D eigenvalue weighted by Crippen LogP contribution is 2.34. The van der Waals surface area contributed by atoms with Crippen LogP contribution >= 0.6 is 11.8 Å². The molecule has 0 aliphatic carbocycles. The van der Waals surface area contributed by atoms with Crippen LogP contribution in [0.1, 0.15) is 67.2 Å². The highest BCUT2D eigenvalue weighted by atomic mass is 32.2. The van der Waals surface area contributed by atoms with E-state index >= 15 is 0 Å². The first kappa shape index (κ1) is 16.3. The van der Waals surface area contributed by atoms with Gasteiger partial charge in [-0.3, -0.25) is 0 Å². The normalized spacial score (nSPS) is 16.5. The van der Waals surface area contributed by atoms with E-state index in [-0.39, 0.29) is 10.9 Å². The number of hydrogen-bond acceptors (Lipinski definition) is 2. The molecule has 0 radical (unpaired) electrons. The van der Waals surface area contributed by atoms with Crippen molar-refractivity contribution in [3.8, 4) is 0 Å². The molecule has 0 aromatic carbocycles. The molecule has 2 heteroatoms. The largest absolute Gasteiger partial charge is 0.392 e. The standard InChI is InChI=1S/C14H30OS/c1-7-8-9-12(15)13(10-11(2)3)16-14(4,5)6/h11-13,15H,7-10H2,1-6H3/t12?,13-/m1/s1. The average molecular weight is 246 g/mol. The van der Waals surface area contributed by atoms with Crippen molar-refractivity contribution in [3.05, 3.63) is 0 Å². The molecule has 0 saturated heterocycles. The van der Waals surface area contributed by atoms with Crippen molar-refractivity contribution in [2.45, 2.75) is 83.3 Å². The molecule has 0 aliphatic heterocycles. The van der Waals surface area contributed by atoms with E-state index in [0.29, 0.717) is 11.2 Å². The molecule has 0 aromatic heterocycles. The van der Waals surface area contributed by atoms with Gasteiger partial charge in [-0.25, -0.2) is 0 Å². The fraction of sp³-hybridized carbons (Fsp3) is 1.00. The molecule has 0 amide bonds. The quantitative estimate of drug-likeness (QED) is 0.714. The van der Waals surface area contributed by atoms with Crippen LogP contribution in [0.5, 0.6) is 0 Å². The monoisotopic (exact) mass is 246 g/mol. The molecule has 0 aliphatic rings. The van der Waals surface area contributed by atoms with E-state index in [0.717, 1.165) is 19.3 Å². The molecular weight excluding hydrogens is 216 g/mol. The molecule has 0 heterocycles. The van der Waals surface area contributed by atoms with E-state index in [9.17, 15) is 5.11 Å². The second kappa shape index (κ2) is 7.60. The lowest BCUT2D eigenvalue weighted by atomic mass is 10.0. The van der Waals surface area contributed by atoms with Gasteiger partial charge in [-0.05, 0) is 18.8 Å². The molecule has 0 aromatic rings.